The number of hydrogen-bond donors (Lipinski definition) is 3. The Balaban J connectivity index is 2.03. The number of carbonyl (C=O) groups excluding carboxylic acids is 4. The molecule has 6 atom stereocenters. The summed E-state index contributed by atoms with van der Waals surface area (Å²) in [4.78, 5) is 68.3. The first kappa shape index (κ1) is 38.8. The van der Waals surface area contributed by atoms with Gasteiger partial charge in [-0.25, -0.2) is 4.79 Å². The first-order valence-corrected chi connectivity index (χ1v) is 17.1. The molecule has 0 radical (unpaired) electrons. The van der Waals surface area contributed by atoms with Crippen LogP contribution in [-0.4, -0.2) is 82.3 Å². The summed E-state index contributed by atoms with van der Waals surface area (Å²) in [5, 5.41) is 15.4. The monoisotopic (exact) mass is 642 g/mol. The summed E-state index contributed by atoms with van der Waals surface area (Å²) < 4.78 is 0. The van der Waals surface area contributed by atoms with Crippen LogP contribution in [0.15, 0.2) is 30.3 Å². The lowest BCUT2D eigenvalue weighted by molar-refractivity contribution is -0.142. The van der Waals surface area contributed by atoms with Gasteiger partial charge in [-0.3, -0.25) is 19.2 Å². The molecule has 10 nitrogen and oxygen atoms in total. The molecule has 1 saturated heterocycles. The normalized spacial score (nSPS) is 18.0. The van der Waals surface area contributed by atoms with Crippen LogP contribution in [0.4, 0.5) is 0 Å². The number of amides is 4. The molecule has 1 heterocycles. The van der Waals surface area contributed by atoms with Gasteiger partial charge in [0.2, 0.25) is 23.6 Å². The third kappa shape index (κ3) is 11.7. The van der Waals surface area contributed by atoms with Crippen LogP contribution in [0.25, 0.3) is 0 Å². The van der Waals surface area contributed by atoms with E-state index in [1.54, 1.807) is 18.9 Å². The van der Waals surface area contributed by atoms with E-state index in [4.69, 9.17) is 0 Å². The highest BCUT2D eigenvalue weighted by Gasteiger charge is 2.35. The van der Waals surface area contributed by atoms with E-state index >= 15 is 0 Å². The van der Waals surface area contributed by atoms with E-state index in [1.807, 2.05) is 62.9 Å². The fourth-order valence-corrected chi connectivity index (χ4v) is 6.33. The van der Waals surface area contributed by atoms with E-state index < -0.39 is 24.0 Å². The lowest BCUT2D eigenvalue weighted by Crippen LogP contribution is -2.54. The van der Waals surface area contributed by atoms with Gasteiger partial charge in [-0.15, -0.1) is 0 Å². The van der Waals surface area contributed by atoms with Crippen LogP contribution in [0.2, 0.25) is 0 Å². The van der Waals surface area contributed by atoms with E-state index in [-0.39, 0.29) is 66.3 Å². The fraction of sp³-hybridized carbons (Fsp3) is 0.694. The SMILES string of the molecule is CC[C@H](C)[C@H](CCC(=O)N1CCCC1C[C@@H](C)C(=O)N[C@H](Cc1ccccc1)C(=O)O)N(C)C(=O)[C@@H](NC(=O)CC(C)C)C(C)C. The molecule has 4 amide bonds. The molecular weight excluding hydrogens is 584 g/mol. The van der Waals surface area contributed by atoms with Crippen LogP contribution in [0.5, 0.6) is 0 Å². The predicted octanol–water partition coefficient (Wildman–Crippen LogP) is 4.66. The smallest absolute Gasteiger partial charge is 0.326 e. The van der Waals surface area contributed by atoms with Crippen molar-refractivity contribution in [2.24, 2.45) is 23.7 Å². The van der Waals surface area contributed by atoms with Crippen LogP contribution in [0, 0.1) is 23.7 Å². The van der Waals surface area contributed by atoms with Crippen molar-refractivity contribution in [1.29, 1.82) is 0 Å². The Hall–Kier alpha value is -3.43. The third-order valence-corrected chi connectivity index (χ3v) is 9.31. The Morgan fingerprint density at radius 1 is 1.00 bits per heavy atom. The van der Waals surface area contributed by atoms with Gasteiger partial charge in [-0.2, -0.15) is 0 Å². The highest BCUT2D eigenvalue weighted by Crippen LogP contribution is 2.27. The molecule has 1 unspecified atom stereocenters. The minimum atomic E-state index is -1.08. The molecule has 1 aromatic rings. The molecule has 0 aromatic heterocycles. The quantitative estimate of drug-likeness (QED) is 0.213. The van der Waals surface area contributed by atoms with Gasteiger partial charge in [0.1, 0.15) is 12.1 Å². The van der Waals surface area contributed by atoms with Crippen LogP contribution < -0.4 is 10.6 Å². The van der Waals surface area contributed by atoms with Gasteiger partial charge in [-0.1, -0.05) is 85.2 Å². The van der Waals surface area contributed by atoms with E-state index in [0.717, 1.165) is 24.8 Å². The number of nitrogens with zero attached hydrogens (tertiary/aromatic N) is 2. The Bertz CT molecular complexity index is 1160. The van der Waals surface area contributed by atoms with Crippen LogP contribution in [-0.2, 0) is 30.4 Å². The number of carboxylic acid groups (broad SMARTS) is 1. The van der Waals surface area contributed by atoms with Crippen molar-refractivity contribution in [2.45, 2.75) is 124 Å². The summed E-state index contributed by atoms with van der Waals surface area (Å²) in [5.41, 5.74) is 0.828. The lowest BCUT2D eigenvalue weighted by Gasteiger charge is -2.36. The molecule has 10 heteroatoms. The molecule has 1 aromatic carbocycles. The summed E-state index contributed by atoms with van der Waals surface area (Å²) in [6.07, 6.45) is 4.24. The number of carboxylic acids is 1. The number of aliphatic carboxylic acids is 1. The average molecular weight is 643 g/mol. The molecule has 1 aliphatic heterocycles. The van der Waals surface area contributed by atoms with E-state index in [2.05, 4.69) is 24.5 Å². The number of nitrogens with one attached hydrogen (secondary N) is 2. The van der Waals surface area contributed by atoms with Gasteiger partial charge in [0, 0.05) is 50.9 Å². The van der Waals surface area contributed by atoms with E-state index in [1.165, 1.54) is 0 Å². The Morgan fingerprint density at radius 3 is 2.22 bits per heavy atom. The zero-order valence-electron chi connectivity index (χ0n) is 29.3. The van der Waals surface area contributed by atoms with E-state index in [0.29, 0.717) is 25.8 Å². The first-order valence-electron chi connectivity index (χ1n) is 17.1. The van der Waals surface area contributed by atoms with Crippen molar-refractivity contribution in [1.82, 2.24) is 20.4 Å². The zero-order chi connectivity index (χ0) is 34.6. The van der Waals surface area contributed by atoms with Crippen LogP contribution in [0.3, 0.4) is 0 Å². The van der Waals surface area contributed by atoms with Gasteiger partial charge in [0.15, 0.2) is 0 Å². The summed E-state index contributed by atoms with van der Waals surface area (Å²) in [6.45, 7) is 14.3. The van der Waals surface area contributed by atoms with E-state index in [9.17, 15) is 29.1 Å². The second kappa shape index (κ2) is 18.6. The fourth-order valence-electron chi connectivity index (χ4n) is 6.33. The number of likely N-dealkylation sites (tertiary alicyclic amines) is 1. The van der Waals surface area contributed by atoms with Crippen molar-refractivity contribution in [3.63, 3.8) is 0 Å². The molecule has 2 rings (SSSR count). The third-order valence-electron chi connectivity index (χ3n) is 9.31. The molecule has 0 spiro atoms. The molecule has 3 N–H and O–H groups in total. The summed E-state index contributed by atoms with van der Waals surface area (Å²) in [7, 11) is 1.77. The standard InChI is InChI=1S/C36H58N4O6/c1-9-25(6)30(39(8)35(44)33(24(4)5)38-31(41)20-23(2)3)17-18-32(42)40-19-13-16-28(40)21-26(7)34(43)37-29(36(45)46)22-27-14-11-10-12-15-27/h10-12,14-15,23-26,28-30,33H,9,13,16-22H2,1-8H3,(H,37,43)(H,38,41)(H,45,46)/t25-,26+,28?,29+,30-,33-/m0/s1. The molecule has 258 valence electrons. The summed E-state index contributed by atoms with van der Waals surface area (Å²) in [5.74, 6) is -1.91. The topological polar surface area (TPSA) is 136 Å². The summed E-state index contributed by atoms with van der Waals surface area (Å²) >= 11 is 0. The highest BCUT2D eigenvalue weighted by molar-refractivity contribution is 5.88. The highest BCUT2D eigenvalue weighted by atomic mass is 16.4. The van der Waals surface area contributed by atoms with Crippen molar-refractivity contribution >= 4 is 29.6 Å². The maximum atomic E-state index is 13.7. The largest absolute Gasteiger partial charge is 0.480 e. The number of rotatable bonds is 18. The summed E-state index contributed by atoms with van der Waals surface area (Å²) in [6, 6.07) is 7.25. The van der Waals surface area contributed by atoms with Crippen molar-refractivity contribution in [2.75, 3.05) is 13.6 Å². The number of benzene rings is 1. The average Bonchev–Trinajstić information content (AvgIpc) is 3.46. The zero-order valence-corrected chi connectivity index (χ0v) is 29.3. The van der Waals surface area contributed by atoms with Gasteiger partial charge in [0.05, 0.1) is 0 Å². The Labute approximate surface area is 276 Å². The Kier molecular flexibility index (Phi) is 15.7. The molecule has 46 heavy (non-hydrogen) atoms. The number of hydrogen-bond acceptors (Lipinski definition) is 5. The second-order valence-electron chi connectivity index (χ2n) is 13.9. The lowest BCUT2D eigenvalue weighted by atomic mass is 9.91. The molecule has 1 aliphatic rings. The Morgan fingerprint density at radius 2 is 1.65 bits per heavy atom. The first-order chi connectivity index (χ1) is 21.7. The van der Waals surface area contributed by atoms with Gasteiger partial charge in [0.25, 0.3) is 0 Å². The minimum Gasteiger partial charge on any atom is -0.480 e. The van der Waals surface area contributed by atoms with Gasteiger partial charge < -0.3 is 25.5 Å². The van der Waals surface area contributed by atoms with Crippen molar-refractivity contribution in [3.8, 4) is 0 Å². The van der Waals surface area contributed by atoms with Crippen LogP contribution in [0.1, 0.15) is 99.0 Å². The van der Waals surface area contributed by atoms with Gasteiger partial charge in [-0.05, 0) is 49.0 Å². The minimum absolute atomic E-state index is 0.00222. The van der Waals surface area contributed by atoms with Crippen LogP contribution >= 0.6 is 0 Å². The van der Waals surface area contributed by atoms with Crippen molar-refractivity contribution < 1.29 is 29.1 Å². The molecule has 1 fully saturated rings. The van der Waals surface area contributed by atoms with Crippen molar-refractivity contribution in [3.05, 3.63) is 35.9 Å². The number of carbonyl (C=O) groups is 5. The molecular formula is C36H58N4O6. The van der Waals surface area contributed by atoms with Gasteiger partial charge >= 0.3 is 5.97 Å². The number of likely N-dealkylation sites (N-methyl/N-ethyl adjacent to an activating group) is 1. The molecule has 0 saturated carbocycles. The molecule has 0 bridgehead atoms. The maximum Gasteiger partial charge on any atom is 0.326 e. The second-order valence-corrected chi connectivity index (χ2v) is 13.9. The maximum absolute atomic E-state index is 13.7. The predicted molar refractivity (Wildman–Crippen MR) is 180 cm³/mol. The molecule has 0 aliphatic carbocycles.